The molecule has 0 bridgehead atoms. The summed E-state index contributed by atoms with van der Waals surface area (Å²) in [6.07, 6.45) is 0.224. The first-order valence-corrected chi connectivity index (χ1v) is 5.45. The van der Waals surface area contributed by atoms with E-state index >= 15 is 0 Å². The number of hydrogen-bond acceptors (Lipinski definition) is 3. The third-order valence-corrected chi connectivity index (χ3v) is 2.77. The highest BCUT2D eigenvalue weighted by molar-refractivity contribution is 5.74. The summed E-state index contributed by atoms with van der Waals surface area (Å²) >= 11 is 0. The molecule has 100 valence electrons. The summed E-state index contributed by atoms with van der Waals surface area (Å²) in [4.78, 5) is 11.1. The summed E-state index contributed by atoms with van der Waals surface area (Å²) in [6, 6.07) is 2.67. The quantitative estimate of drug-likeness (QED) is 0.879. The van der Waals surface area contributed by atoms with Gasteiger partial charge in [-0.25, -0.2) is 4.39 Å². The molecule has 0 unspecified atom stereocenters. The number of halogens is 1. The first kappa shape index (κ1) is 14.3. The Kier molecular flexibility index (Phi) is 4.16. The monoisotopic (exact) mass is 256 g/mol. The third kappa shape index (κ3) is 2.91. The molecule has 1 aromatic carbocycles. The second kappa shape index (κ2) is 5.25. The van der Waals surface area contributed by atoms with Crippen molar-refractivity contribution in [1.29, 1.82) is 0 Å². The van der Waals surface area contributed by atoms with Gasteiger partial charge >= 0.3 is 5.97 Å². The molecule has 4 nitrogen and oxygen atoms in total. The van der Waals surface area contributed by atoms with Crippen molar-refractivity contribution in [2.75, 3.05) is 14.2 Å². The second-order valence-electron chi connectivity index (χ2n) is 4.66. The number of aliphatic carboxylic acids is 1. The predicted octanol–water partition coefficient (Wildman–Crippen LogP) is 2.50. The zero-order valence-electron chi connectivity index (χ0n) is 10.9. The Morgan fingerprint density at radius 1 is 1.28 bits per heavy atom. The fourth-order valence-electron chi connectivity index (χ4n) is 1.61. The molecule has 18 heavy (non-hydrogen) atoms. The Morgan fingerprint density at radius 2 is 1.83 bits per heavy atom. The van der Waals surface area contributed by atoms with Crippen molar-refractivity contribution in [2.24, 2.45) is 5.41 Å². The predicted molar refractivity (Wildman–Crippen MR) is 64.6 cm³/mol. The van der Waals surface area contributed by atoms with E-state index in [9.17, 15) is 9.18 Å². The van der Waals surface area contributed by atoms with E-state index < -0.39 is 17.2 Å². The number of benzene rings is 1. The highest BCUT2D eigenvalue weighted by Gasteiger charge is 2.29. The average Bonchev–Trinajstić information content (AvgIpc) is 2.30. The summed E-state index contributed by atoms with van der Waals surface area (Å²) in [5.74, 6) is -1.06. The van der Waals surface area contributed by atoms with Crippen LogP contribution in [0.3, 0.4) is 0 Å². The smallest absolute Gasteiger partial charge is 0.309 e. The Balaban J connectivity index is 3.18. The molecule has 0 spiro atoms. The van der Waals surface area contributed by atoms with E-state index in [4.69, 9.17) is 14.6 Å². The van der Waals surface area contributed by atoms with E-state index in [1.54, 1.807) is 13.8 Å². The van der Waals surface area contributed by atoms with Crippen LogP contribution >= 0.6 is 0 Å². The molecular formula is C13H17FO4. The number of carbonyl (C=O) groups is 1. The number of methoxy groups -OCH3 is 2. The first-order chi connectivity index (χ1) is 8.31. The lowest BCUT2D eigenvalue weighted by Gasteiger charge is -2.21. The molecule has 0 saturated heterocycles. The van der Waals surface area contributed by atoms with E-state index in [1.807, 2.05) is 0 Å². The van der Waals surface area contributed by atoms with E-state index in [2.05, 4.69) is 0 Å². The molecule has 1 aromatic rings. The van der Waals surface area contributed by atoms with Gasteiger partial charge in [-0.3, -0.25) is 4.79 Å². The van der Waals surface area contributed by atoms with Crippen molar-refractivity contribution >= 4 is 5.97 Å². The van der Waals surface area contributed by atoms with Gasteiger partial charge in [0, 0.05) is 6.07 Å². The van der Waals surface area contributed by atoms with E-state index in [0.29, 0.717) is 11.3 Å². The van der Waals surface area contributed by atoms with Crippen molar-refractivity contribution in [3.05, 3.63) is 23.5 Å². The maximum atomic E-state index is 13.5. The van der Waals surface area contributed by atoms with Crippen LogP contribution in [0.4, 0.5) is 4.39 Å². The van der Waals surface area contributed by atoms with Crippen LogP contribution in [-0.2, 0) is 11.2 Å². The molecule has 5 heteroatoms. The maximum absolute atomic E-state index is 13.5. The van der Waals surface area contributed by atoms with Crippen molar-refractivity contribution in [3.63, 3.8) is 0 Å². The normalized spacial score (nSPS) is 11.2. The maximum Gasteiger partial charge on any atom is 0.309 e. The number of ether oxygens (including phenoxy) is 2. The van der Waals surface area contributed by atoms with Gasteiger partial charge in [0.05, 0.1) is 19.6 Å². The summed E-state index contributed by atoms with van der Waals surface area (Å²) in [7, 11) is 2.77. The minimum Gasteiger partial charge on any atom is -0.496 e. The van der Waals surface area contributed by atoms with E-state index in [1.165, 1.54) is 26.4 Å². The third-order valence-electron chi connectivity index (χ3n) is 2.77. The Hall–Kier alpha value is -1.78. The minimum atomic E-state index is -0.962. The molecule has 0 aliphatic heterocycles. The van der Waals surface area contributed by atoms with Gasteiger partial charge in [0.15, 0.2) is 11.6 Å². The molecule has 0 aliphatic carbocycles. The second-order valence-corrected chi connectivity index (χ2v) is 4.66. The molecule has 0 fully saturated rings. The lowest BCUT2D eigenvalue weighted by molar-refractivity contribution is -0.146. The lowest BCUT2D eigenvalue weighted by Crippen LogP contribution is -2.26. The summed E-state index contributed by atoms with van der Waals surface area (Å²) in [6.45, 7) is 3.20. The molecule has 1 rings (SSSR count). The molecule has 0 saturated carbocycles. The standard InChI is InChI=1S/C13H17FO4/c1-13(2,12(15)16)7-8-5-11(18-4)9(14)6-10(8)17-3/h5-6H,7H2,1-4H3,(H,15,16). The van der Waals surface area contributed by atoms with Crippen LogP contribution < -0.4 is 9.47 Å². The van der Waals surface area contributed by atoms with Crippen LogP contribution in [0.25, 0.3) is 0 Å². The lowest BCUT2D eigenvalue weighted by atomic mass is 9.85. The molecular weight excluding hydrogens is 239 g/mol. The average molecular weight is 256 g/mol. The molecule has 0 radical (unpaired) electrons. The molecule has 0 aliphatic rings. The van der Waals surface area contributed by atoms with E-state index in [0.717, 1.165) is 0 Å². The van der Waals surface area contributed by atoms with Gasteiger partial charge in [0.2, 0.25) is 0 Å². The van der Waals surface area contributed by atoms with Crippen LogP contribution in [-0.4, -0.2) is 25.3 Å². The Bertz CT molecular complexity index is 455. The molecule has 0 atom stereocenters. The molecule has 1 N–H and O–H groups in total. The van der Waals surface area contributed by atoms with Gasteiger partial charge in [-0.05, 0) is 31.9 Å². The van der Waals surface area contributed by atoms with Gasteiger partial charge < -0.3 is 14.6 Å². The Labute approximate surface area is 105 Å². The minimum absolute atomic E-state index is 0.0759. The number of carboxylic acid groups (broad SMARTS) is 1. The fraction of sp³-hybridized carbons (Fsp3) is 0.462. The SMILES string of the molecule is COc1cc(CC(C)(C)C(=O)O)c(OC)cc1F. The van der Waals surface area contributed by atoms with Gasteiger partial charge in [-0.2, -0.15) is 0 Å². The number of rotatable bonds is 5. The van der Waals surface area contributed by atoms with Crippen LogP contribution in [0.1, 0.15) is 19.4 Å². The number of hydrogen-bond donors (Lipinski definition) is 1. The zero-order valence-corrected chi connectivity index (χ0v) is 10.9. The highest BCUT2D eigenvalue weighted by atomic mass is 19.1. The van der Waals surface area contributed by atoms with Gasteiger partial charge in [-0.15, -0.1) is 0 Å². The number of carboxylic acids is 1. The molecule has 0 amide bonds. The Morgan fingerprint density at radius 3 is 2.28 bits per heavy atom. The largest absolute Gasteiger partial charge is 0.496 e. The van der Waals surface area contributed by atoms with Crippen molar-refractivity contribution in [1.82, 2.24) is 0 Å². The topological polar surface area (TPSA) is 55.8 Å². The first-order valence-electron chi connectivity index (χ1n) is 5.45. The summed E-state index contributed by atoms with van der Waals surface area (Å²) in [5, 5.41) is 9.10. The van der Waals surface area contributed by atoms with Crippen molar-refractivity contribution in [2.45, 2.75) is 20.3 Å². The van der Waals surface area contributed by atoms with Crippen LogP contribution in [0.15, 0.2) is 12.1 Å². The fourth-order valence-corrected chi connectivity index (χ4v) is 1.61. The summed E-state index contributed by atoms with van der Waals surface area (Å²) in [5.41, 5.74) is -0.362. The molecule has 0 heterocycles. The van der Waals surface area contributed by atoms with Crippen LogP contribution in [0.5, 0.6) is 11.5 Å². The highest BCUT2D eigenvalue weighted by Crippen LogP contribution is 2.32. The van der Waals surface area contributed by atoms with Gasteiger partial charge in [0.25, 0.3) is 0 Å². The molecule has 0 aromatic heterocycles. The van der Waals surface area contributed by atoms with Gasteiger partial charge in [0.1, 0.15) is 5.75 Å². The van der Waals surface area contributed by atoms with Crippen molar-refractivity contribution in [3.8, 4) is 11.5 Å². The van der Waals surface area contributed by atoms with Crippen LogP contribution in [0, 0.1) is 11.2 Å². The van der Waals surface area contributed by atoms with Crippen LogP contribution in [0.2, 0.25) is 0 Å². The van der Waals surface area contributed by atoms with Crippen molar-refractivity contribution < 1.29 is 23.8 Å². The van der Waals surface area contributed by atoms with E-state index in [-0.39, 0.29) is 12.2 Å². The van der Waals surface area contributed by atoms with Gasteiger partial charge in [-0.1, -0.05) is 0 Å². The summed E-state index contributed by atoms with van der Waals surface area (Å²) < 4.78 is 23.4. The zero-order chi connectivity index (χ0) is 13.9.